The van der Waals surface area contributed by atoms with Crippen LogP contribution in [0.2, 0.25) is 0 Å². The zero-order chi connectivity index (χ0) is 17.4. The van der Waals surface area contributed by atoms with Crippen molar-refractivity contribution < 1.29 is 4.92 Å². The minimum atomic E-state index is -0.551. The predicted molar refractivity (Wildman–Crippen MR) is 93.1 cm³/mol. The van der Waals surface area contributed by atoms with Crippen molar-refractivity contribution in [1.29, 1.82) is 0 Å². The first-order chi connectivity index (χ1) is 12.1. The van der Waals surface area contributed by atoms with Crippen LogP contribution in [0.25, 0.3) is 32.9 Å². The zero-order valence-corrected chi connectivity index (χ0v) is 12.8. The van der Waals surface area contributed by atoms with Gasteiger partial charge in [-0.3, -0.25) is 19.9 Å². The van der Waals surface area contributed by atoms with E-state index in [9.17, 15) is 14.9 Å². The van der Waals surface area contributed by atoms with Crippen LogP contribution in [0.4, 0.5) is 5.69 Å². The lowest BCUT2D eigenvalue weighted by Gasteiger charge is -1.99. The lowest BCUT2D eigenvalue weighted by molar-refractivity contribution is -0.383. The highest BCUT2D eigenvalue weighted by Gasteiger charge is 2.17. The van der Waals surface area contributed by atoms with Crippen molar-refractivity contribution in [3.63, 3.8) is 0 Å². The summed E-state index contributed by atoms with van der Waals surface area (Å²) in [7, 11) is 0. The molecule has 2 aromatic heterocycles. The van der Waals surface area contributed by atoms with Gasteiger partial charge in [0.1, 0.15) is 0 Å². The van der Waals surface area contributed by atoms with Crippen LogP contribution in [-0.2, 0) is 0 Å². The average Bonchev–Trinajstić information content (AvgIpc) is 2.78. The van der Waals surface area contributed by atoms with Gasteiger partial charge in [-0.1, -0.05) is 18.2 Å². The Hall–Kier alpha value is -3.85. The quantitative estimate of drug-likeness (QED) is 0.416. The second-order valence-corrected chi connectivity index (χ2v) is 5.38. The molecule has 6 heteroatoms. The summed E-state index contributed by atoms with van der Waals surface area (Å²) in [5.41, 5.74) is 1.04. The van der Waals surface area contributed by atoms with Gasteiger partial charge >= 0.3 is 0 Å². The van der Waals surface area contributed by atoms with E-state index in [-0.39, 0.29) is 27.5 Å². The highest BCUT2D eigenvalue weighted by Crippen LogP contribution is 2.26. The number of pyridine rings is 2. The van der Waals surface area contributed by atoms with Gasteiger partial charge in [-0.05, 0) is 30.3 Å². The molecule has 2 heterocycles. The van der Waals surface area contributed by atoms with Gasteiger partial charge in [0.2, 0.25) is 0 Å². The summed E-state index contributed by atoms with van der Waals surface area (Å²) in [5.74, 6) is 0. The van der Waals surface area contributed by atoms with Crippen molar-refractivity contribution in [1.82, 2.24) is 9.97 Å². The fourth-order valence-electron chi connectivity index (χ4n) is 2.72. The maximum Gasteiger partial charge on any atom is 0.297 e. The number of hydrogen-bond acceptors (Lipinski definition) is 5. The van der Waals surface area contributed by atoms with Crippen LogP contribution in [0, 0.1) is 22.2 Å². The van der Waals surface area contributed by atoms with Gasteiger partial charge in [0.05, 0.1) is 15.8 Å². The highest BCUT2D eigenvalue weighted by atomic mass is 16.6. The molecular formula is C19H9N3O3. The van der Waals surface area contributed by atoms with E-state index in [1.54, 1.807) is 36.4 Å². The van der Waals surface area contributed by atoms with Crippen LogP contribution >= 0.6 is 0 Å². The second-order valence-electron chi connectivity index (χ2n) is 5.38. The number of rotatable bonds is 2. The molecular weight excluding hydrogens is 318 g/mol. The Morgan fingerprint density at radius 3 is 2.72 bits per heavy atom. The van der Waals surface area contributed by atoms with Crippen LogP contribution in [0.15, 0.2) is 59.7 Å². The summed E-state index contributed by atoms with van der Waals surface area (Å²) in [6.07, 6.45) is 2.98. The molecule has 0 unspecified atom stereocenters. The first-order valence-electron chi connectivity index (χ1n) is 7.40. The fraction of sp³-hybridized carbons (Fsp3) is 0. The van der Waals surface area contributed by atoms with Gasteiger partial charge < -0.3 is 0 Å². The molecule has 0 aliphatic heterocycles. The normalized spacial score (nSPS) is 10.6. The van der Waals surface area contributed by atoms with Gasteiger partial charge in [-0.25, -0.2) is 4.98 Å². The van der Waals surface area contributed by atoms with E-state index in [1.165, 1.54) is 18.5 Å². The lowest BCUT2D eigenvalue weighted by Crippen LogP contribution is -2.00. The summed E-state index contributed by atoms with van der Waals surface area (Å²) < 4.78 is 0. The molecule has 0 atom stereocenters. The second kappa shape index (κ2) is 5.65. The summed E-state index contributed by atoms with van der Waals surface area (Å²) in [6, 6.07) is 17.2. The Morgan fingerprint density at radius 2 is 1.96 bits per heavy atom. The van der Waals surface area contributed by atoms with E-state index in [0.717, 1.165) is 0 Å². The highest BCUT2D eigenvalue weighted by molar-refractivity contribution is 5.96. The summed E-state index contributed by atoms with van der Waals surface area (Å²) in [4.78, 5) is 32.1. The lowest BCUT2D eigenvalue weighted by atomic mass is 10.1. The van der Waals surface area contributed by atoms with Gasteiger partial charge in [-0.2, -0.15) is 0 Å². The summed E-state index contributed by atoms with van der Waals surface area (Å²) in [6.45, 7) is 0. The maximum absolute atomic E-state index is 12.9. The third-order valence-electron chi connectivity index (χ3n) is 3.89. The minimum absolute atomic E-state index is 0.0386. The van der Waals surface area contributed by atoms with E-state index in [2.05, 4.69) is 22.1 Å². The molecule has 0 saturated heterocycles. The molecule has 25 heavy (non-hydrogen) atoms. The molecule has 0 N–H and O–H groups in total. The Kier molecular flexibility index (Phi) is 3.33. The van der Waals surface area contributed by atoms with E-state index in [1.807, 2.05) is 0 Å². The molecule has 0 aliphatic carbocycles. The average molecular weight is 327 g/mol. The number of fused-ring (bicyclic) bond motifs is 2. The molecule has 0 spiro atoms. The summed E-state index contributed by atoms with van der Waals surface area (Å²) in [5, 5.41) is 12.0. The van der Waals surface area contributed by atoms with Crippen LogP contribution in [0.1, 0.15) is 0 Å². The van der Waals surface area contributed by atoms with E-state index < -0.39 is 4.92 Å². The van der Waals surface area contributed by atoms with E-state index in [0.29, 0.717) is 16.5 Å². The third kappa shape index (κ3) is 2.44. The molecule has 0 aliphatic rings. The van der Waals surface area contributed by atoms with Crippen LogP contribution in [-0.4, -0.2) is 14.9 Å². The fourth-order valence-corrected chi connectivity index (χ4v) is 2.72. The van der Waals surface area contributed by atoms with Gasteiger partial charge in [0.25, 0.3) is 5.69 Å². The molecule has 118 valence electrons. The molecule has 4 aromatic rings. The molecule has 0 radical (unpaired) electrons. The van der Waals surface area contributed by atoms with Crippen molar-refractivity contribution in [3.05, 3.63) is 87.3 Å². The smallest absolute Gasteiger partial charge is 0.288 e. The Bertz CT molecular complexity index is 1190. The van der Waals surface area contributed by atoms with Gasteiger partial charge in [0.15, 0.2) is 10.9 Å². The Balaban J connectivity index is 2.18. The van der Waals surface area contributed by atoms with Crippen molar-refractivity contribution in [3.8, 4) is 11.1 Å². The van der Waals surface area contributed by atoms with Crippen LogP contribution in [0.5, 0.6) is 0 Å². The summed E-state index contributed by atoms with van der Waals surface area (Å²) >= 11 is 0. The monoisotopic (exact) mass is 327 g/mol. The van der Waals surface area contributed by atoms with Gasteiger partial charge in [0, 0.05) is 35.0 Å². The van der Waals surface area contributed by atoms with Crippen LogP contribution in [0.3, 0.4) is 0 Å². The minimum Gasteiger partial charge on any atom is -0.288 e. The largest absolute Gasteiger partial charge is 0.297 e. The molecule has 0 bridgehead atoms. The number of nitro groups is 1. The third-order valence-corrected chi connectivity index (χ3v) is 3.89. The SMILES string of the molecule is O=c1c2cccnc2cc([N+](=O)[O-])c2ncc(-c3c#cccc3)cc12. The van der Waals surface area contributed by atoms with Crippen molar-refractivity contribution in [2.75, 3.05) is 0 Å². The zero-order valence-electron chi connectivity index (χ0n) is 12.8. The predicted octanol–water partition coefficient (Wildman–Crippen LogP) is 3.32. The molecule has 4 rings (SSSR count). The Labute approximate surface area is 141 Å². The van der Waals surface area contributed by atoms with Crippen molar-refractivity contribution in [2.24, 2.45) is 0 Å². The molecule has 6 nitrogen and oxygen atoms in total. The number of nitrogens with zero attached hydrogens (tertiary/aromatic N) is 3. The number of aromatic nitrogens is 2. The van der Waals surface area contributed by atoms with Crippen molar-refractivity contribution in [2.45, 2.75) is 0 Å². The van der Waals surface area contributed by atoms with Crippen molar-refractivity contribution >= 4 is 27.5 Å². The van der Waals surface area contributed by atoms with Crippen LogP contribution < -0.4 is 5.43 Å². The topological polar surface area (TPSA) is 86.0 Å². The molecule has 0 fully saturated rings. The standard InChI is InChI=1S/C19H9N3O3/c23-19-14-7-4-8-20-16(14)10-17(22(24)25)18-15(19)9-13(11-21-18)12-5-2-1-3-6-12/h1-2,4-5,7-11H. The van der Waals surface area contributed by atoms with E-state index >= 15 is 0 Å². The van der Waals surface area contributed by atoms with Gasteiger partial charge in [-0.15, -0.1) is 0 Å². The van der Waals surface area contributed by atoms with E-state index in [4.69, 9.17) is 0 Å². The first kappa shape index (κ1) is 14.7. The maximum atomic E-state index is 12.9. The molecule has 0 saturated carbocycles. The first-order valence-corrected chi connectivity index (χ1v) is 7.40. The molecule has 2 aromatic carbocycles. The molecule has 0 amide bonds. The number of hydrogen-bond donors (Lipinski definition) is 0. The Morgan fingerprint density at radius 1 is 1.08 bits per heavy atom.